The van der Waals surface area contributed by atoms with Crippen LogP contribution in [0.5, 0.6) is 0 Å². The Balaban J connectivity index is 1.34. The number of piperazine rings is 1. The number of pyridine rings is 1. The molecule has 2 aromatic carbocycles. The van der Waals surface area contributed by atoms with Gasteiger partial charge in [0.1, 0.15) is 6.17 Å². The first kappa shape index (κ1) is 26.6. The summed E-state index contributed by atoms with van der Waals surface area (Å²) in [6.45, 7) is 8.44. The van der Waals surface area contributed by atoms with Gasteiger partial charge in [-0.25, -0.2) is 0 Å². The summed E-state index contributed by atoms with van der Waals surface area (Å²) in [6.07, 6.45) is 3.37. The van der Waals surface area contributed by atoms with E-state index in [1.807, 2.05) is 24.3 Å². The Morgan fingerprint density at radius 3 is 2.15 bits per heavy atom. The molecule has 1 aliphatic carbocycles. The highest BCUT2D eigenvalue weighted by Gasteiger charge is 2.40. The number of ketones is 2. The Bertz CT molecular complexity index is 1470. The molecule has 1 fully saturated rings. The molecule has 3 N–H and O–H groups in total. The number of nitrogens with one attached hydrogen (secondary N) is 3. The van der Waals surface area contributed by atoms with E-state index in [2.05, 4.69) is 43.9 Å². The van der Waals surface area contributed by atoms with Crippen molar-refractivity contribution in [2.24, 2.45) is 0 Å². The molecule has 0 spiro atoms. The molecule has 1 aromatic heterocycles. The van der Waals surface area contributed by atoms with Crippen molar-refractivity contribution < 1.29 is 9.59 Å². The molecular formula is C33H38N6O2. The van der Waals surface area contributed by atoms with E-state index in [0.29, 0.717) is 22.3 Å². The topological polar surface area (TPSA) is 89.6 Å². The molecule has 7 rings (SSSR count). The lowest BCUT2D eigenvalue weighted by Gasteiger charge is -2.48. The van der Waals surface area contributed by atoms with Crippen LogP contribution in [0.1, 0.15) is 85.8 Å². The molecule has 1 saturated heterocycles. The van der Waals surface area contributed by atoms with Gasteiger partial charge in [0.25, 0.3) is 0 Å². The van der Waals surface area contributed by atoms with Crippen LogP contribution in [-0.2, 0) is 6.54 Å². The van der Waals surface area contributed by atoms with Crippen LogP contribution in [-0.4, -0.2) is 78.7 Å². The van der Waals surface area contributed by atoms with E-state index in [1.165, 1.54) is 5.56 Å². The van der Waals surface area contributed by atoms with E-state index < -0.39 is 0 Å². The second kappa shape index (κ2) is 11.5. The zero-order chi connectivity index (χ0) is 27.8. The molecule has 3 aliphatic heterocycles. The van der Waals surface area contributed by atoms with Crippen molar-refractivity contribution in [1.82, 2.24) is 30.7 Å². The number of carbonyl (C=O) groups excluding carboxylic acids is 2. The van der Waals surface area contributed by atoms with Gasteiger partial charge in [0.2, 0.25) is 0 Å². The van der Waals surface area contributed by atoms with Gasteiger partial charge in [0.05, 0.1) is 17.4 Å². The van der Waals surface area contributed by atoms with E-state index in [4.69, 9.17) is 4.98 Å². The summed E-state index contributed by atoms with van der Waals surface area (Å²) in [7, 11) is 0. The maximum atomic E-state index is 13.7. The van der Waals surface area contributed by atoms with Gasteiger partial charge < -0.3 is 16.0 Å². The first-order valence-corrected chi connectivity index (χ1v) is 15.1. The van der Waals surface area contributed by atoms with Crippen LogP contribution >= 0.6 is 0 Å². The van der Waals surface area contributed by atoms with Crippen LogP contribution < -0.4 is 16.0 Å². The van der Waals surface area contributed by atoms with Crippen molar-refractivity contribution in [3.8, 4) is 0 Å². The Kier molecular flexibility index (Phi) is 7.50. The lowest BCUT2D eigenvalue weighted by Crippen LogP contribution is -2.53. The molecule has 212 valence electrons. The van der Waals surface area contributed by atoms with Crippen molar-refractivity contribution >= 4 is 11.6 Å². The molecular weight excluding hydrogens is 512 g/mol. The molecule has 3 unspecified atom stereocenters. The Morgan fingerprint density at radius 2 is 1.34 bits per heavy atom. The summed E-state index contributed by atoms with van der Waals surface area (Å²) < 4.78 is 0. The number of rotatable bonds is 2. The van der Waals surface area contributed by atoms with Crippen molar-refractivity contribution in [3.05, 3.63) is 99.4 Å². The number of hydrogen-bond acceptors (Lipinski definition) is 8. The zero-order valence-electron chi connectivity index (χ0n) is 23.5. The van der Waals surface area contributed by atoms with Gasteiger partial charge in [0, 0.05) is 61.5 Å². The third kappa shape index (κ3) is 5.04. The lowest BCUT2D eigenvalue weighted by atomic mass is 9.81. The van der Waals surface area contributed by atoms with Crippen LogP contribution in [0.3, 0.4) is 0 Å². The predicted molar refractivity (Wildman–Crippen MR) is 158 cm³/mol. The zero-order valence-corrected chi connectivity index (χ0v) is 23.5. The van der Waals surface area contributed by atoms with E-state index in [1.54, 1.807) is 12.1 Å². The van der Waals surface area contributed by atoms with Gasteiger partial charge in [-0.3, -0.25) is 24.4 Å². The van der Waals surface area contributed by atoms with Crippen LogP contribution in [0.4, 0.5) is 0 Å². The third-order valence-electron chi connectivity index (χ3n) is 8.94. The Morgan fingerprint density at radius 1 is 0.659 bits per heavy atom. The summed E-state index contributed by atoms with van der Waals surface area (Å²) >= 11 is 0. The fraction of sp³-hybridized carbons (Fsp3) is 0.424. The SMILES string of the molecule is O=C1c2ccccc2C(=O)c2cc(C3c4cc5nc(c4)C(N4CCNCC4)N3CCCNCCCCNC5)ccc21. The number of hydrogen-bond donors (Lipinski definition) is 3. The monoisotopic (exact) mass is 550 g/mol. The molecule has 4 bridgehead atoms. The van der Waals surface area contributed by atoms with Gasteiger partial charge in [-0.05, 0) is 74.3 Å². The minimum absolute atomic E-state index is 0.0420. The first-order valence-electron chi connectivity index (χ1n) is 15.1. The molecule has 0 radical (unpaired) electrons. The molecule has 8 nitrogen and oxygen atoms in total. The summed E-state index contributed by atoms with van der Waals surface area (Å²) in [6, 6.07) is 17.6. The number of carbonyl (C=O) groups is 2. The molecule has 0 saturated carbocycles. The van der Waals surface area contributed by atoms with Gasteiger partial charge in [-0.2, -0.15) is 0 Å². The fourth-order valence-corrected chi connectivity index (χ4v) is 6.99. The van der Waals surface area contributed by atoms with E-state index in [9.17, 15) is 9.59 Å². The Hall–Kier alpha value is -3.27. The van der Waals surface area contributed by atoms with Crippen molar-refractivity contribution in [1.29, 1.82) is 0 Å². The maximum absolute atomic E-state index is 13.7. The summed E-state index contributed by atoms with van der Waals surface area (Å²) in [4.78, 5) is 37.4. The van der Waals surface area contributed by atoms with Crippen LogP contribution in [0.2, 0.25) is 0 Å². The highest BCUT2D eigenvalue weighted by molar-refractivity contribution is 6.28. The highest BCUT2D eigenvalue weighted by Crippen LogP contribution is 2.43. The Labute approximate surface area is 241 Å². The van der Waals surface area contributed by atoms with Crippen molar-refractivity contribution in [2.75, 3.05) is 52.4 Å². The van der Waals surface area contributed by atoms with E-state index in [0.717, 1.165) is 95.1 Å². The number of fused-ring (bicyclic) bond motifs is 5. The number of benzene rings is 2. The second-order valence-corrected chi connectivity index (χ2v) is 11.6. The highest BCUT2D eigenvalue weighted by atomic mass is 16.1. The number of aromatic nitrogens is 1. The molecule has 0 amide bonds. The van der Waals surface area contributed by atoms with Crippen LogP contribution in [0, 0.1) is 0 Å². The minimum atomic E-state index is -0.0721. The van der Waals surface area contributed by atoms with E-state index >= 15 is 0 Å². The average molecular weight is 551 g/mol. The summed E-state index contributed by atoms with van der Waals surface area (Å²) in [5, 5.41) is 10.8. The predicted octanol–water partition coefficient (Wildman–Crippen LogP) is 3.03. The smallest absolute Gasteiger partial charge is 0.194 e. The molecule has 3 aromatic rings. The quantitative estimate of drug-likeness (QED) is 0.351. The summed E-state index contributed by atoms with van der Waals surface area (Å²) in [5.74, 6) is -0.141. The van der Waals surface area contributed by atoms with Gasteiger partial charge in [-0.1, -0.05) is 30.3 Å². The van der Waals surface area contributed by atoms with Gasteiger partial charge >= 0.3 is 0 Å². The number of nitrogens with zero attached hydrogens (tertiary/aromatic N) is 3. The summed E-state index contributed by atoms with van der Waals surface area (Å²) in [5.41, 5.74) is 6.44. The third-order valence-corrected chi connectivity index (χ3v) is 8.94. The molecule has 4 heterocycles. The van der Waals surface area contributed by atoms with Gasteiger partial charge in [-0.15, -0.1) is 0 Å². The lowest BCUT2D eigenvalue weighted by molar-refractivity contribution is 0.00243. The minimum Gasteiger partial charge on any atom is -0.317 e. The largest absolute Gasteiger partial charge is 0.317 e. The van der Waals surface area contributed by atoms with Crippen LogP contribution in [0.25, 0.3) is 0 Å². The normalized spacial score (nSPS) is 25.3. The standard InChI is InChI=1S/C33H38N6O2/c40-31-25-6-1-2-7-26(25)32(41)28-19-22(8-9-27(28)31)30-23-18-24-21-36-11-4-3-10-34-12-5-15-39(30)33(29(20-23)37-24)38-16-13-35-14-17-38/h1-2,6-9,18-20,30,33-36H,3-5,10-17,21H2. The van der Waals surface area contributed by atoms with Crippen molar-refractivity contribution in [2.45, 2.75) is 38.0 Å². The van der Waals surface area contributed by atoms with Crippen LogP contribution in [0.15, 0.2) is 54.6 Å². The molecule has 41 heavy (non-hydrogen) atoms. The second-order valence-electron chi connectivity index (χ2n) is 11.6. The molecule has 3 atom stereocenters. The first-order chi connectivity index (χ1) is 20.2. The van der Waals surface area contributed by atoms with Crippen molar-refractivity contribution in [3.63, 3.8) is 0 Å². The maximum Gasteiger partial charge on any atom is 0.194 e. The fourth-order valence-electron chi connectivity index (χ4n) is 6.99. The average Bonchev–Trinajstić information content (AvgIpc) is 3.01. The molecule has 4 aliphatic rings. The molecule has 8 heteroatoms. The van der Waals surface area contributed by atoms with E-state index in [-0.39, 0.29) is 23.8 Å². The van der Waals surface area contributed by atoms with Gasteiger partial charge in [0.15, 0.2) is 11.6 Å².